The maximum absolute atomic E-state index is 15.4. The Morgan fingerprint density at radius 3 is 1.24 bits per heavy atom. The number of hydrogen-bond donors (Lipinski definition) is 0. The summed E-state index contributed by atoms with van der Waals surface area (Å²) in [5, 5.41) is 2.92. The molecule has 2 aliphatic rings. The van der Waals surface area contributed by atoms with Gasteiger partial charge in [-0.15, -0.1) is 0 Å². The van der Waals surface area contributed by atoms with E-state index < -0.39 is 58.9 Å². The predicted molar refractivity (Wildman–Crippen MR) is 135 cm³/mol. The molecule has 0 nitrogen and oxygen atoms in total. The highest BCUT2D eigenvalue weighted by Gasteiger charge is 2.48. The Morgan fingerprint density at radius 2 is 0.879 bits per heavy atom. The van der Waals surface area contributed by atoms with E-state index in [1.807, 2.05) is 18.2 Å². The molecule has 0 aromatic heterocycles. The van der Waals surface area contributed by atoms with Crippen LogP contribution in [0.1, 0.15) is 5.56 Å². The highest BCUT2D eigenvalue weighted by molar-refractivity contribution is 6.92. The summed E-state index contributed by atoms with van der Waals surface area (Å²) in [5.41, 5.74) is -0.432. The van der Waals surface area contributed by atoms with E-state index >= 15 is 8.78 Å². The molecule has 33 heavy (non-hydrogen) atoms. The molecule has 0 fully saturated rings. The molecular weight excluding hydrogens is 480 g/mol. The Labute approximate surface area is 197 Å². The van der Waals surface area contributed by atoms with E-state index in [1.165, 1.54) is 5.20 Å². The van der Waals surface area contributed by atoms with Crippen molar-refractivity contribution in [3.8, 4) is 0 Å². The van der Waals surface area contributed by atoms with Crippen LogP contribution in [0.25, 0.3) is 5.57 Å². The molecule has 1 aromatic carbocycles. The summed E-state index contributed by atoms with van der Waals surface area (Å²) < 4.78 is 73.7. The van der Waals surface area contributed by atoms with Crippen LogP contribution < -0.4 is 0 Å². The normalized spacial score (nSPS) is 21.8. The van der Waals surface area contributed by atoms with Crippen LogP contribution in [0.4, 0.5) is 22.0 Å². The number of benzene rings is 1. The van der Waals surface area contributed by atoms with Gasteiger partial charge in [0, 0.05) is 11.8 Å². The van der Waals surface area contributed by atoms with Crippen LogP contribution in [0.3, 0.4) is 0 Å². The molecule has 0 radical (unpaired) electrons. The van der Waals surface area contributed by atoms with Crippen molar-refractivity contribution in [3.05, 3.63) is 74.5 Å². The van der Waals surface area contributed by atoms with Crippen LogP contribution in [0.2, 0.25) is 58.9 Å². The summed E-state index contributed by atoms with van der Waals surface area (Å²) in [7, 11) is -6.68. The molecule has 0 aliphatic heterocycles. The van der Waals surface area contributed by atoms with Crippen molar-refractivity contribution in [2.24, 2.45) is 11.8 Å². The van der Waals surface area contributed by atoms with Crippen molar-refractivity contribution in [1.82, 2.24) is 0 Å². The van der Waals surface area contributed by atoms with E-state index in [-0.39, 0.29) is 11.8 Å². The van der Waals surface area contributed by atoms with E-state index in [9.17, 15) is 13.2 Å². The van der Waals surface area contributed by atoms with E-state index in [4.69, 9.17) is 0 Å². The van der Waals surface area contributed by atoms with Gasteiger partial charge in [-0.25, -0.2) is 22.0 Å². The fraction of sp³-hybridized carbons (Fsp3) is 0.440. The molecule has 0 saturated heterocycles. The van der Waals surface area contributed by atoms with Gasteiger partial charge in [-0.1, -0.05) is 98.8 Å². The first kappa shape index (κ1) is 26.1. The summed E-state index contributed by atoms with van der Waals surface area (Å²) in [6.45, 7) is 19.1. The van der Waals surface area contributed by atoms with Crippen molar-refractivity contribution in [3.63, 3.8) is 0 Å². The van der Waals surface area contributed by atoms with Gasteiger partial charge in [0.25, 0.3) is 0 Å². The maximum atomic E-state index is 15.4. The molecule has 1 aromatic rings. The second-order valence-corrected chi connectivity index (χ2v) is 27.2. The Hall–Kier alpha value is -1.52. The Balaban J connectivity index is 2.68. The minimum Gasteiger partial charge on any atom is -0.203 e. The fourth-order valence-electron chi connectivity index (χ4n) is 5.37. The average molecular weight is 513 g/mol. The van der Waals surface area contributed by atoms with Crippen LogP contribution in [0.5, 0.6) is 0 Å². The fourth-order valence-corrected chi connectivity index (χ4v) is 14.2. The summed E-state index contributed by atoms with van der Waals surface area (Å²) in [6, 6.07) is 0. The Bertz CT molecular complexity index is 1090. The van der Waals surface area contributed by atoms with Crippen LogP contribution >= 0.6 is 0 Å². The summed E-state index contributed by atoms with van der Waals surface area (Å²) in [5.74, 6) is -9.41. The maximum Gasteiger partial charge on any atom is 0.200 e. The molecule has 0 saturated carbocycles. The van der Waals surface area contributed by atoms with E-state index in [0.717, 1.165) is 10.4 Å². The molecule has 3 rings (SSSR count). The molecule has 180 valence electrons. The molecular formula is C25H33F5Si3. The van der Waals surface area contributed by atoms with Gasteiger partial charge in [0.2, 0.25) is 5.82 Å². The zero-order valence-corrected chi connectivity index (χ0v) is 23.9. The lowest BCUT2D eigenvalue weighted by Gasteiger charge is -2.48. The number of hydrogen-bond acceptors (Lipinski definition) is 0. The Morgan fingerprint density at radius 1 is 0.515 bits per heavy atom. The van der Waals surface area contributed by atoms with Crippen LogP contribution in [-0.4, -0.2) is 24.2 Å². The first-order valence-corrected chi connectivity index (χ1v) is 21.8. The van der Waals surface area contributed by atoms with Crippen LogP contribution in [-0.2, 0) is 0 Å². The molecule has 2 aliphatic carbocycles. The quantitative estimate of drug-likeness (QED) is 0.164. The lowest BCUT2D eigenvalue weighted by atomic mass is 9.80. The standard InChI is InChI=1S/C25H33F5Si3/c1-31(2,3)23-14-12-10-11-13-15(14)24(32(4,5)6)25(33(7,8)9)17(23)16-18(26)20(28)22(30)21(29)19(16)27/h10-15H,1-9H3/t14-,15+/m1/s1. The highest BCUT2D eigenvalue weighted by Crippen LogP contribution is 2.54. The lowest BCUT2D eigenvalue weighted by molar-refractivity contribution is 0.376. The number of fused-ring (bicyclic) bond motifs is 1. The molecule has 0 spiro atoms. The molecule has 8 heteroatoms. The summed E-state index contributed by atoms with van der Waals surface area (Å²) >= 11 is 0. The van der Waals surface area contributed by atoms with Gasteiger partial charge >= 0.3 is 0 Å². The van der Waals surface area contributed by atoms with Gasteiger partial charge < -0.3 is 0 Å². The van der Waals surface area contributed by atoms with Gasteiger partial charge in [0.15, 0.2) is 23.3 Å². The van der Waals surface area contributed by atoms with Crippen molar-refractivity contribution < 1.29 is 22.0 Å². The monoisotopic (exact) mass is 512 g/mol. The third-order valence-electron chi connectivity index (χ3n) is 6.42. The van der Waals surface area contributed by atoms with Gasteiger partial charge in [-0.2, -0.15) is 0 Å². The van der Waals surface area contributed by atoms with Crippen LogP contribution in [0.15, 0.2) is 39.9 Å². The van der Waals surface area contributed by atoms with Crippen molar-refractivity contribution in [2.75, 3.05) is 0 Å². The largest absolute Gasteiger partial charge is 0.203 e. The topological polar surface area (TPSA) is 0 Å². The minimum absolute atomic E-state index is 0.0510. The number of halogens is 5. The number of rotatable bonds is 4. The molecule has 0 heterocycles. The Kier molecular flexibility index (Phi) is 6.57. The van der Waals surface area contributed by atoms with Gasteiger partial charge in [0.1, 0.15) is 0 Å². The lowest BCUT2D eigenvalue weighted by Crippen LogP contribution is -2.46. The smallest absolute Gasteiger partial charge is 0.200 e. The first-order valence-electron chi connectivity index (χ1n) is 11.3. The van der Waals surface area contributed by atoms with E-state index in [0.29, 0.717) is 5.57 Å². The first-order chi connectivity index (χ1) is 14.9. The molecule has 0 N–H and O–H groups in total. The van der Waals surface area contributed by atoms with Gasteiger partial charge in [-0.05, 0) is 5.57 Å². The third kappa shape index (κ3) is 4.34. The SMILES string of the molecule is C[Si](C)(C)C1=C([Si](C)(C)C)[C@H]2C=CC=C[C@H]2C([Si](C)(C)C)=C1c1c(F)c(F)c(F)c(F)c1F. The van der Waals surface area contributed by atoms with Crippen molar-refractivity contribution in [1.29, 1.82) is 0 Å². The predicted octanol–water partition coefficient (Wildman–Crippen LogP) is 8.44. The zero-order chi connectivity index (χ0) is 25.3. The average Bonchev–Trinajstić information content (AvgIpc) is 2.67. The van der Waals surface area contributed by atoms with Crippen LogP contribution in [0, 0.1) is 40.9 Å². The second-order valence-electron chi connectivity index (χ2n) is 12.1. The molecule has 2 atom stereocenters. The molecule has 0 bridgehead atoms. The van der Waals surface area contributed by atoms with Gasteiger partial charge in [-0.3, -0.25) is 0 Å². The molecule has 0 amide bonds. The minimum atomic E-state index is -2.32. The molecule has 0 unspecified atom stereocenters. The van der Waals surface area contributed by atoms with Crippen molar-refractivity contribution >= 4 is 29.8 Å². The second kappa shape index (κ2) is 8.30. The van der Waals surface area contributed by atoms with E-state index in [2.05, 4.69) is 65.0 Å². The zero-order valence-electron chi connectivity index (χ0n) is 20.9. The summed E-state index contributed by atoms with van der Waals surface area (Å²) in [4.78, 5) is 0. The highest BCUT2D eigenvalue weighted by atomic mass is 28.3. The summed E-state index contributed by atoms with van der Waals surface area (Å²) in [6.07, 6.45) is 8.15. The third-order valence-corrected chi connectivity index (χ3v) is 13.1. The van der Waals surface area contributed by atoms with E-state index in [1.54, 1.807) is 0 Å². The van der Waals surface area contributed by atoms with Gasteiger partial charge in [0.05, 0.1) is 29.8 Å². The van der Waals surface area contributed by atoms with Crippen molar-refractivity contribution in [2.45, 2.75) is 58.9 Å². The number of allylic oxidation sites excluding steroid dienone is 8.